The molecule has 2 atom stereocenters. The molecule has 0 aliphatic heterocycles. The van der Waals surface area contributed by atoms with Gasteiger partial charge in [0.1, 0.15) is 0 Å². The highest BCUT2D eigenvalue weighted by Gasteiger charge is 2.38. The third-order valence-electron chi connectivity index (χ3n) is 4.93. The Morgan fingerprint density at radius 3 is 2.32 bits per heavy atom. The van der Waals surface area contributed by atoms with E-state index in [9.17, 15) is 0 Å². The molecule has 0 radical (unpaired) electrons. The summed E-state index contributed by atoms with van der Waals surface area (Å²) in [5.74, 6) is 0. The first-order chi connectivity index (χ1) is 9.13. The van der Waals surface area contributed by atoms with Gasteiger partial charge in [0.05, 0.1) is 0 Å². The van der Waals surface area contributed by atoms with E-state index in [-0.39, 0.29) is 5.54 Å². The van der Waals surface area contributed by atoms with Crippen LogP contribution in [0.1, 0.15) is 66.7 Å². The molecule has 0 saturated heterocycles. The number of hydrogen-bond donors (Lipinski definition) is 1. The maximum absolute atomic E-state index is 3.78. The molecule has 1 rings (SSSR count). The van der Waals surface area contributed by atoms with Gasteiger partial charge in [0, 0.05) is 11.6 Å². The van der Waals surface area contributed by atoms with Gasteiger partial charge in [-0.2, -0.15) is 0 Å². The van der Waals surface area contributed by atoms with Gasteiger partial charge >= 0.3 is 0 Å². The molecule has 19 heavy (non-hydrogen) atoms. The molecule has 0 aromatic rings. The zero-order chi connectivity index (χ0) is 14.3. The van der Waals surface area contributed by atoms with Gasteiger partial charge in [0.25, 0.3) is 0 Å². The zero-order valence-corrected chi connectivity index (χ0v) is 13.8. The SMILES string of the molecule is CCNC(C1=CCCCC1)C(C)(CC)N(CC)CC. The minimum absolute atomic E-state index is 0.239. The van der Waals surface area contributed by atoms with E-state index in [4.69, 9.17) is 0 Å². The van der Waals surface area contributed by atoms with Gasteiger partial charge in [-0.15, -0.1) is 0 Å². The van der Waals surface area contributed by atoms with Crippen LogP contribution in [0.3, 0.4) is 0 Å². The van der Waals surface area contributed by atoms with Crippen molar-refractivity contribution in [3.05, 3.63) is 11.6 Å². The van der Waals surface area contributed by atoms with Crippen LogP contribution < -0.4 is 5.32 Å². The van der Waals surface area contributed by atoms with Crippen LogP contribution in [-0.4, -0.2) is 36.1 Å². The van der Waals surface area contributed by atoms with Crippen LogP contribution in [0.5, 0.6) is 0 Å². The number of nitrogens with zero attached hydrogens (tertiary/aromatic N) is 1. The number of hydrogen-bond acceptors (Lipinski definition) is 2. The van der Waals surface area contributed by atoms with Crippen LogP contribution in [0, 0.1) is 0 Å². The molecule has 0 saturated carbocycles. The van der Waals surface area contributed by atoms with Crippen LogP contribution in [0.2, 0.25) is 0 Å². The second kappa shape index (κ2) is 8.06. The van der Waals surface area contributed by atoms with Crippen molar-refractivity contribution in [1.82, 2.24) is 10.2 Å². The lowest BCUT2D eigenvalue weighted by molar-refractivity contribution is 0.0814. The summed E-state index contributed by atoms with van der Waals surface area (Å²) in [6, 6.07) is 0.516. The van der Waals surface area contributed by atoms with Crippen molar-refractivity contribution < 1.29 is 0 Å². The van der Waals surface area contributed by atoms with E-state index >= 15 is 0 Å². The lowest BCUT2D eigenvalue weighted by Gasteiger charge is -2.47. The van der Waals surface area contributed by atoms with Gasteiger partial charge in [-0.3, -0.25) is 4.90 Å². The summed E-state index contributed by atoms with van der Waals surface area (Å²) >= 11 is 0. The molecular formula is C17H34N2. The van der Waals surface area contributed by atoms with Crippen molar-refractivity contribution in [2.24, 2.45) is 0 Å². The highest BCUT2D eigenvalue weighted by Crippen LogP contribution is 2.32. The van der Waals surface area contributed by atoms with Gasteiger partial charge in [0.15, 0.2) is 0 Å². The lowest BCUT2D eigenvalue weighted by Crippen LogP contribution is -2.60. The molecule has 0 bridgehead atoms. The van der Waals surface area contributed by atoms with Crippen molar-refractivity contribution in [1.29, 1.82) is 0 Å². The van der Waals surface area contributed by atoms with Crippen molar-refractivity contribution in [2.45, 2.75) is 78.3 Å². The summed E-state index contributed by atoms with van der Waals surface area (Å²) in [4.78, 5) is 2.63. The second-order valence-electron chi connectivity index (χ2n) is 5.90. The predicted molar refractivity (Wildman–Crippen MR) is 85.6 cm³/mol. The van der Waals surface area contributed by atoms with E-state index in [2.05, 4.69) is 50.9 Å². The molecule has 1 N–H and O–H groups in total. The molecule has 0 amide bonds. The molecule has 2 heteroatoms. The Labute approximate surface area is 120 Å². The Morgan fingerprint density at radius 1 is 1.21 bits per heavy atom. The number of allylic oxidation sites excluding steroid dienone is 1. The molecule has 0 heterocycles. The maximum Gasteiger partial charge on any atom is 0.0463 e. The normalized spacial score (nSPS) is 21.1. The Bertz CT molecular complexity index is 281. The van der Waals surface area contributed by atoms with Crippen LogP contribution in [0.25, 0.3) is 0 Å². The predicted octanol–water partition coefficient (Wildman–Crippen LogP) is 3.98. The second-order valence-corrected chi connectivity index (χ2v) is 5.90. The summed E-state index contributed by atoms with van der Waals surface area (Å²) < 4.78 is 0. The highest BCUT2D eigenvalue weighted by atomic mass is 15.2. The van der Waals surface area contributed by atoms with Crippen molar-refractivity contribution in [3.63, 3.8) is 0 Å². The van der Waals surface area contributed by atoms with Crippen molar-refractivity contribution in [2.75, 3.05) is 19.6 Å². The first-order valence-corrected chi connectivity index (χ1v) is 8.31. The minimum Gasteiger partial charge on any atom is -0.309 e. The molecule has 1 aliphatic carbocycles. The lowest BCUT2D eigenvalue weighted by atomic mass is 9.79. The standard InChI is InChI=1S/C17H34N2/c1-6-17(5,19(8-3)9-4)16(18-7-2)15-13-11-10-12-14-15/h13,16,18H,6-12,14H2,1-5H3. The Morgan fingerprint density at radius 2 is 1.89 bits per heavy atom. The fraction of sp³-hybridized carbons (Fsp3) is 0.882. The molecule has 0 spiro atoms. The van der Waals surface area contributed by atoms with E-state index < -0.39 is 0 Å². The molecule has 0 fully saturated rings. The monoisotopic (exact) mass is 266 g/mol. The zero-order valence-electron chi connectivity index (χ0n) is 13.8. The maximum atomic E-state index is 3.78. The Kier molecular flexibility index (Phi) is 7.09. The van der Waals surface area contributed by atoms with Crippen molar-refractivity contribution in [3.8, 4) is 0 Å². The molecule has 112 valence electrons. The summed E-state index contributed by atoms with van der Waals surface area (Å²) in [7, 11) is 0. The number of likely N-dealkylation sites (N-methyl/N-ethyl adjacent to an activating group) is 2. The van der Waals surface area contributed by atoms with E-state index in [1.54, 1.807) is 5.57 Å². The molecule has 2 unspecified atom stereocenters. The Hall–Kier alpha value is -0.340. The van der Waals surface area contributed by atoms with Gasteiger partial charge < -0.3 is 5.32 Å². The molecular weight excluding hydrogens is 232 g/mol. The first kappa shape index (κ1) is 16.7. The van der Waals surface area contributed by atoms with Crippen LogP contribution in [0.15, 0.2) is 11.6 Å². The topological polar surface area (TPSA) is 15.3 Å². The Balaban J connectivity index is 3.01. The minimum atomic E-state index is 0.239. The molecule has 0 aromatic heterocycles. The molecule has 2 nitrogen and oxygen atoms in total. The average molecular weight is 266 g/mol. The molecule has 0 aromatic carbocycles. The van der Waals surface area contributed by atoms with E-state index in [1.165, 1.54) is 32.1 Å². The van der Waals surface area contributed by atoms with Gasteiger partial charge in [-0.1, -0.05) is 39.3 Å². The van der Waals surface area contributed by atoms with E-state index in [0.717, 1.165) is 19.6 Å². The summed E-state index contributed by atoms with van der Waals surface area (Å²) in [6.07, 6.45) is 9.00. The average Bonchev–Trinajstić information content (AvgIpc) is 2.46. The summed E-state index contributed by atoms with van der Waals surface area (Å²) in [5, 5.41) is 3.78. The van der Waals surface area contributed by atoms with E-state index in [0.29, 0.717) is 6.04 Å². The van der Waals surface area contributed by atoms with Crippen LogP contribution in [-0.2, 0) is 0 Å². The third-order valence-corrected chi connectivity index (χ3v) is 4.93. The fourth-order valence-corrected chi connectivity index (χ4v) is 3.64. The molecule has 1 aliphatic rings. The number of rotatable bonds is 8. The van der Waals surface area contributed by atoms with Gasteiger partial charge in [-0.25, -0.2) is 0 Å². The van der Waals surface area contributed by atoms with Gasteiger partial charge in [-0.05, 0) is 58.7 Å². The first-order valence-electron chi connectivity index (χ1n) is 8.31. The van der Waals surface area contributed by atoms with Crippen LogP contribution >= 0.6 is 0 Å². The summed E-state index contributed by atoms with van der Waals surface area (Å²) in [5.41, 5.74) is 1.90. The van der Waals surface area contributed by atoms with E-state index in [1.807, 2.05) is 0 Å². The highest BCUT2D eigenvalue weighted by molar-refractivity contribution is 5.20. The summed E-state index contributed by atoms with van der Waals surface area (Å²) in [6.45, 7) is 14.9. The fourth-order valence-electron chi connectivity index (χ4n) is 3.64. The van der Waals surface area contributed by atoms with Crippen LogP contribution in [0.4, 0.5) is 0 Å². The largest absolute Gasteiger partial charge is 0.309 e. The third kappa shape index (κ3) is 3.82. The number of nitrogens with one attached hydrogen (secondary N) is 1. The van der Waals surface area contributed by atoms with Gasteiger partial charge in [0.2, 0.25) is 0 Å². The van der Waals surface area contributed by atoms with Crippen molar-refractivity contribution >= 4 is 0 Å². The smallest absolute Gasteiger partial charge is 0.0463 e. The quantitative estimate of drug-likeness (QED) is 0.669.